The average Bonchev–Trinajstić information content (AvgIpc) is 2.41. The maximum Gasteiger partial charge on any atom is 0.314 e. The van der Waals surface area contributed by atoms with Crippen LogP contribution in [0, 0.1) is 11.8 Å². The Kier molecular flexibility index (Phi) is 10.7. The highest BCUT2D eigenvalue weighted by Gasteiger charge is 2.12. The third-order valence-corrected chi connectivity index (χ3v) is 4.01. The van der Waals surface area contributed by atoms with Crippen molar-refractivity contribution in [1.82, 2.24) is 10.6 Å². The van der Waals surface area contributed by atoms with E-state index in [0.717, 1.165) is 25.7 Å². The zero-order valence-electron chi connectivity index (χ0n) is 13.9. The molecule has 0 fully saturated rings. The smallest absolute Gasteiger partial charge is 0.314 e. The summed E-state index contributed by atoms with van der Waals surface area (Å²) >= 11 is 0. The van der Waals surface area contributed by atoms with Crippen molar-refractivity contribution in [1.29, 1.82) is 0 Å². The van der Waals surface area contributed by atoms with Gasteiger partial charge in [-0.05, 0) is 38.0 Å². The molecule has 0 bridgehead atoms. The average molecular weight is 300 g/mol. The van der Waals surface area contributed by atoms with E-state index < -0.39 is 5.97 Å². The van der Waals surface area contributed by atoms with Crippen molar-refractivity contribution < 1.29 is 14.7 Å². The van der Waals surface area contributed by atoms with Crippen LogP contribution in [0.5, 0.6) is 0 Å². The van der Waals surface area contributed by atoms with Gasteiger partial charge in [-0.15, -0.1) is 0 Å². The second-order valence-corrected chi connectivity index (χ2v) is 6.05. The lowest BCUT2D eigenvalue weighted by atomic mass is 9.97. The third-order valence-electron chi connectivity index (χ3n) is 4.01. The van der Waals surface area contributed by atoms with Gasteiger partial charge in [0.05, 0.1) is 0 Å². The van der Waals surface area contributed by atoms with Crippen molar-refractivity contribution in [2.75, 3.05) is 6.54 Å². The van der Waals surface area contributed by atoms with E-state index in [9.17, 15) is 9.59 Å². The second-order valence-electron chi connectivity index (χ2n) is 6.05. The molecule has 3 N–H and O–H groups in total. The van der Waals surface area contributed by atoms with Crippen molar-refractivity contribution in [3.63, 3.8) is 0 Å². The van der Waals surface area contributed by atoms with Crippen molar-refractivity contribution >= 4 is 12.0 Å². The number of hydrogen-bond donors (Lipinski definition) is 3. The molecule has 0 spiro atoms. The largest absolute Gasteiger partial charge is 0.481 e. The van der Waals surface area contributed by atoms with Crippen molar-refractivity contribution in [2.45, 2.75) is 72.3 Å². The van der Waals surface area contributed by atoms with E-state index in [4.69, 9.17) is 5.11 Å². The van der Waals surface area contributed by atoms with Crippen LogP contribution in [0.4, 0.5) is 4.79 Å². The number of hydrogen-bond acceptors (Lipinski definition) is 2. The molecule has 5 nitrogen and oxygen atoms in total. The SMILES string of the molecule is CCC(C)CC(C)NC(=O)NCCC(CC)CCC(=O)O. The first-order chi connectivity index (χ1) is 9.88. The minimum absolute atomic E-state index is 0.126. The fraction of sp³-hybridized carbons (Fsp3) is 0.875. The summed E-state index contributed by atoms with van der Waals surface area (Å²) in [6.45, 7) is 9.01. The zero-order valence-corrected chi connectivity index (χ0v) is 13.9. The molecule has 124 valence electrons. The molecule has 0 aliphatic heterocycles. The van der Waals surface area contributed by atoms with Gasteiger partial charge in [0.15, 0.2) is 0 Å². The van der Waals surface area contributed by atoms with Gasteiger partial charge in [-0.1, -0.05) is 33.6 Å². The topological polar surface area (TPSA) is 78.4 Å². The summed E-state index contributed by atoms with van der Waals surface area (Å²) < 4.78 is 0. The fourth-order valence-electron chi connectivity index (χ4n) is 2.37. The molecule has 0 aliphatic rings. The molecule has 0 heterocycles. The summed E-state index contributed by atoms with van der Waals surface area (Å²) in [5.41, 5.74) is 0. The molecule has 3 unspecified atom stereocenters. The van der Waals surface area contributed by atoms with Crippen molar-refractivity contribution in [3.05, 3.63) is 0 Å². The van der Waals surface area contributed by atoms with Crippen LogP contribution < -0.4 is 10.6 Å². The maximum atomic E-state index is 11.7. The molecule has 5 heteroatoms. The van der Waals surface area contributed by atoms with E-state index in [2.05, 4.69) is 31.4 Å². The Bertz CT molecular complexity index is 308. The van der Waals surface area contributed by atoms with E-state index in [1.54, 1.807) is 0 Å². The molecule has 2 amide bonds. The number of carbonyl (C=O) groups excluding carboxylic acids is 1. The number of aliphatic carboxylic acids is 1. The summed E-state index contributed by atoms with van der Waals surface area (Å²) in [7, 11) is 0. The van der Waals surface area contributed by atoms with Gasteiger partial charge in [0.25, 0.3) is 0 Å². The summed E-state index contributed by atoms with van der Waals surface area (Å²) in [5, 5.41) is 14.5. The Hall–Kier alpha value is -1.26. The first-order valence-electron chi connectivity index (χ1n) is 8.15. The molecular formula is C16H32N2O3. The Balaban J connectivity index is 3.83. The fourth-order valence-corrected chi connectivity index (χ4v) is 2.37. The number of carboxylic acids is 1. The molecular weight excluding hydrogens is 268 g/mol. The minimum atomic E-state index is -0.752. The van der Waals surface area contributed by atoms with Crippen LogP contribution in [-0.4, -0.2) is 29.7 Å². The van der Waals surface area contributed by atoms with Crippen molar-refractivity contribution in [2.24, 2.45) is 11.8 Å². The van der Waals surface area contributed by atoms with E-state index in [-0.39, 0.29) is 18.5 Å². The quantitative estimate of drug-likeness (QED) is 0.547. The number of carbonyl (C=O) groups is 2. The number of urea groups is 1. The van der Waals surface area contributed by atoms with Gasteiger partial charge in [-0.3, -0.25) is 4.79 Å². The number of carboxylic acid groups (broad SMARTS) is 1. The van der Waals surface area contributed by atoms with Gasteiger partial charge in [0, 0.05) is 19.0 Å². The summed E-state index contributed by atoms with van der Waals surface area (Å²) in [6, 6.07) is 0.0489. The highest BCUT2D eigenvalue weighted by atomic mass is 16.4. The minimum Gasteiger partial charge on any atom is -0.481 e. The lowest BCUT2D eigenvalue weighted by Gasteiger charge is -2.19. The van der Waals surface area contributed by atoms with Gasteiger partial charge in [0.2, 0.25) is 0 Å². The van der Waals surface area contributed by atoms with Gasteiger partial charge in [-0.25, -0.2) is 4.79 Å². The molecule has 0 rings (SSSR count). The highest BCUT2D eigenvalue weighted by molar-refractivity contribution is 5.74. The van der Waals surface area contributed by atoms with Crippen LogP contribution in [0.25, 0.3) is 0 Å². The first kappa shape index (κ1) is 19.7. The lowest BCUT2D eigenvalue weighted by Crippen LogP contribution is -2.42. The monoisotopic (exact) mass is 300 g/mol. The van der Waals surface area contributed by atoms with Gasteiger partial charge in [-0.2, -0.15) is 0 Å². The Labute approximate surface area is 128 Å². The Morgan fingerprint density at radius 2 is 1.76 bits per heavy atom. The first-order valence-corrected chi connectivity index (χ1v) is 8.15. The highest BCUT2D eigenvalue weighted by Crippen LogP contribution is 2.14. The number of rotatable bonds is 11. The maximum absolute atomic E-state index is 11.7. The molecule has 21 heavy (non-hydrogen) atoms. The molecule has 0 aliphatic carbocycles. The van der Waals surface area contributed by atoms with E-state index in [1.165, 1.54) is 0 Å². The number of amides is 2. The third kappa shape index (κ3) is 11.1. The molecule has 0 aromatic rings. The van der Waals surface area contributed by atoms with Crippen LogP contribution in [0.15, 0.2) is 0 Å². The molecule has 0 aromatic heterocycles. The van der Waals surface area contributed by atoms with Crippen LogP contribution in [-0.2, 0) is 4.79 Å². The summed E-state index contributed by atoms with van der Waals surface area (Å²) in [4.78, 5) is 22.3. The molecule has 0 saturated heterocycles. The Morgan fingerprint density at radius 1 is 1.10 bits per heavy atom. The van der Waals surface area contributed by atoms with Gasteiger partial charge < -0.3 is 15.7 Å². The van der Waals surface area contributed by atoms with Crippen LogP contribution >= 0.6 is 0 Å². The van der Waals surface area contributed by atoms with E-state index >= 15 is 0 Å². The predicted octanol–water partition coefficient (Wildman–Crippen LogP) is 3.39. The molecule has 0 saturated carbocycles. The van der Waals surface area contributed by atoms with Gasteiger partial charge >= 0.3 is 12.0 Å². The molecule has 3 atom stereocenters. The summed E-state index contributed by atoms with van der Waals surface area (Å²) in [6.07, 6.45) is 4.77. The molecule has 0 radical (unpaired) electrons. The predicted molar refractivity (Wildman–Crippen MR) is 85.3 cm³/mol. The van der Waals surface area contributed by atoms with Crippen LogP contribution in [0.1, 0.15) is 66.2 Å². The Morgan fingerprint density at radius 3 is 2.29 bits per heavy atom. The standard InChI is InChI=1S/C16H32N2O3/c1-5-12(3)11-13(4)18-16(21)17-10-9-14(6-2)7-8-15(19)20/h12-14H,5-11H2,1-4H3,(H,19,20)(H2,17,18,21). The normalized spacial score (nSPS) is 15.0. The van der Waals surface area contributed by atoms with Crippen LogP contribution in [0.2, 0.25) is 0 Å². The van der Waals surface area contributed by atoms with Crippen LogP contribution in [0.3, 0.4) is 0 Å². The second kappa shape index (κ2) is 11.4. The van der Waals surface area contributed by atoms with Crippen molar-refractivity contribution in [3.8, 4) is 0 Å². The zero-order chi connectivity index (χ0) is 16.3. The molecule has 0 aromatic carbocycles. The summed E-state index contributed by atoms with van der Waals surface area (Å²) in [5.74, 6) is 0.220. The van der Waals surface area contributed by atoms with E-state index in [0.29, 0.717) is 24.8 Å². The van der Waals surface area contributed by atoms with Gasteiger partial charge in [0.1, 0.15) is 0 Å². The number of nitrogens with one attached hydrogen (secondary N) is 2. The van der Waals surface area contributed by atoms with E-state index in [1.807, 2.05) is 6.92 Å². The lowest BCUT2D eigenvalue weighted by molar-refractivity contribution is -0.137.